The van der Waals surface area contributed by atoms with E-state index in [1.54, 1.807) is 0 Å². The lowest BCUT2D eigenvalue weighted by molar-refractivity contribution is -0.141. The van der Waals surface area contributed by atoms with Gasteiger partial charge in [0.15, 0.2) is 0 Å². The van der Waals surface area contributed by atoms with Gasteiger partial charge in [-0.15, -0.1) is 12.4 Å². The lowest BCUT2D eigenvalue weighted by Gasteiger charge is -2.36. The van der Waals surface area contributed by atoms with Gasteiger partial charge in [0.2, 0.25) is 11.8 Å². The lowest BCUT2D eigenvalue weighted by Crippen LogP contribution is -2.52. The van der Waals surface area contributed by atoms with Crippen molar-refractivity contribution in [3.8, 4) is 0 Å². The Balaban J connectivity index is 0.00000200. The van der Waals surface area contributed by atoms with Crippen LogP contribution in [-0.4, -0.2) is 60.4 Å². The van der Waals surface area contributed by atoms with Crippen LogP contribution in [0.1, 0.15) is 33.1 Å². The van der Waals surface area contributed by atoms with Gasteiger partial charge >= 0.3 is 0 Å². The maximum Gasteiger partial charge on any atom is 0.225 e. The molecule has 1 unspecified atom stereocenters. The van der Waals surface area contributed by atoms with Gasteiger partial charge in [0.05, 0.1) is 0 Å². The van der Waals surface area contributed by atoms with E-state index in [1.807, 2.05) is 23.6 Å². The maximum atomic E-state index is 12.1. The van der Waals surface area contributed by atoms with E-state index in [0.717, 1.165) is 13.0 Å². The quantitative estimate of drug-likeness (QED) is 0.842. The number of amides is 2. The van der Waals surface area contributed by atoms with Crippen molar-refractivity contribution in [2.75, 3.05) is 32.7 Å². The molecule has 1 atom stereocenters. The molecule has 5 nitrogen and oxygen atoms in total. The summed E-state index contributed by atoms with van der Waals surface area (Å²) < 4.78 is 0. The van der Waals surface area contributed by atoms with Crippen molar-refractivity contribution in [2.45, 2.75) is 39.2 Å². The normalized spacial score (nSPS) is 22.9. The molecule has 0 saturated carbocycles. The molecule has 0 aromatic carbocycles. The van der Waals surface area contributed by atoms with Crippen molar-refractivity contribution >= 4 is 24.2 Å². The molecular weight excluding hydrogens is 278 g/mol. The van der Waals surface area contributed by atoms with Gasteiger partial charge in [-0.2, -0.15) is 0 Å². The summed E-state index contributed by atoms with van der Waals surface area (Å²) in [5.74, 6) is 0.477. The highest BCUT2D eigenvalue weighted by Crippen LogP contribution is 2.13. The third-order valence-corrected chi connectivity index (χ3v) is 4.02. The fraction of sp³-hybridized carbons (Fsp3) is 0.857. The molecule has 6 heteroatoms. The van der Waals surface area contributed by atoms with Crippen LogP contribution < -0.4 is 5.32 Å². The second kappa shape index (κ2) is 7.84. The van der Waals surface area contributed by atoms with E-state index < -0.39 is 0 Å². The van der Waals surface area contributed by atoms with Crippen LogP contribution >= 0.6 is 12.4 Å². The largest absolute Gasteiger partial charge is 0.339 e. The molecule has 2 aliphatic heterocycles. The number of halogens is 1. The first-order valence-corrected chi connectivity index (χ1v) is 7.38. The predicted octanol–water partition coefficient (Wildman–Crippen LogP) is 0.877. The van der Waals surface area contributed by atoms with Crippen LogP contribution in [0.3, 0.4) is 0 Å². The summed E-state index contributed by atoms with van der Waals surface area (Å²) in [6.07, 6.45) is 2.89. The molecule has 0 spiro atoms. The van der Waals surface area contributed by atoms with E-state index >= 15 is 0 Å². The first kappa shape index (κ1) is 17.2. The Kier molecular flexibility index (Phi) is 6.76. The van der Waals surface area contributed by atoms with Gasteiger partial charge in [-0.25, -0.2) is 0 Å². The van der Waals surface area contributed by atoms with Gasteiger partial charge < -0.3 is 15.1 Å². The Labute approximate surface area is 127 Å². The summed E-state index contributed by atoms with van der Waals surface area (Å²) in [6, 6.07) is 0.364. The molecule has 116 valence electrons. The first-order valence-electron chi connectivity index (χ1n) is 7.38. The number of hydrogen-bond acceptors (Lipinski definition) is 3. The molecule has 2 amide bonds. The van der Waals surface area contributed by atoms with Crippen LogP contribution in [0.15, 0.2) is 0 Å². The molecule has 20 heavy (non-hydrogen) atoms. The van der Waals surface area contributed by atoms with Crippen LogP contribution in [0.2, 0.25) is 0 Å². The summed E-state index contributed by atoms with van der Waals surface area (Å²) >= 11 is 0. The summed E-state index contributed by atoms with van der Waals surface area (Å²) in [5.41, 5.74) is 0. The Morgan fingerprint density at radius 1 is 1.15 bits per heavy atom. The number of carbonyl (C=O) groups is 2. The average molecular weight is 304 g/mol. The summed E-state index contributed by atoms with van der Waals surface area (Å²) in [7, 11) is 0. The molecule has 0 radical (unpaired) electrons. The van der Waals surface area contributed by atoms with Crippen molar-refractivity contribution in [1.29, 1.82) is 0 Å². The number of piperazine rings is 1. The monoisotopic (exact) mass is 303 g/mol. The second-order valence-electron chi connectivity index (χ2n) is 5.86. The van der Waals surface area contributed by atoms with Crippen LogP contribution in [0.5, 0.6) is 0 Å². The number of rotatable bonds is 3. The number of nitrogens with zero attached hydrogens (tertiary/aromatic N) is 2. The third-order valence-electron chi connectivity index (χ3n) is 4.02. The molecule has 0 aromatic heterocycles. The van der Waals surface area contributed by atoms with Gasteiger partial charge in [-0.05, 0) is 19.4 Å². The SMILES string of the molecule is CC(C)C(=O)N1CCN(C(=O)CC2CCCN2)CC1.Cl. The Hall–Kier alpha value is -0.810. The van der Waals surface area contributed by atoms with Crippen molar-refractivity contribution in [1.82, 2.24) is 15.1 Å². The summed E-state index contributed by atoms with van der Waals surface area (Å²) in [5, 5.41) is 3.36. The Morgan fingerprint density at radius 3 is 2.25 bits per heavy atom. The molecule has 2 aliphatic rings. The highest BCUT2D eigenvalue weighted by Gasteiger charge is 2.27. The Bertz CT molecular complexity index is 335. The number of hydrogen-bond donors (Lipinski definition) is 1. The molecule has 2 rings (SSSR count). The molecule has 0 bridgehead atoms. The Morgan fingerprint density at radius 2 is 1.75 bits per heavy atom. The fourth-order valence-corrected chi connectivity index (χ4v) is 2.81. The van der Waals surface area contributed by atoms with Crippen molar-refractivity contribution < 1.29 is 9.59 Å². The minimum absolute atomic E-state index is 0. The van der Waals surface area contributed by atoms with Crippen LogP contribution in [0.4, 0.5) is 0 Å². The zero-order chi connectivity index (χ0) is 13.8. The maximum absolute atomic E-state index is 12.1. The lowest BCUT2D eigenvalue weighted by atomic mass is 10.1. The topological polar surface area (TPSA) is 52.7 Å². The standard InChI is InChI=1S/C14H25N3O2.ClH/c1-11(2)14(19)17-8-6-16(7-9-17)13(18)10-12-4-3-5-15-12;/h11-12,15H,3-10H2,1-2H3;1H. The highest BCUT2D eigenvalue weighted by molar-refractivity contribution is 5.85. The van der Waals surface area contributed by atoms with Crippen LogP contribution in [0, 0.1) is 5.92 Å². The molecule has 0 aromatic rings. The van der Waals surface area contributed by atoms with Crippen molar-refractivity contribution in [2.24, 2.45) is 5.92 Å². The van der Waals surface area contributed by atoms with Crippen molar-refractivity contribution in [3.63, 3.8) is 0 Å². The third kappa shape index (κ3) is 4.35. The molecule has 2 heterocycles. The van der Waals surface area contributed by atoms with E-state index in [4.69, 9.17) is 0 Å². The van der Waals surface area contributed by atoms with E-state index in [9.17, 15) is 9.59 Å². The fourth-order valence-electron chi connectivity index (χ4n) is 2.81. The molecule has 2 saturated heterocycles. The molecule has 2 fully saturated rings. The smallest absolute Gasteiger partial charge is 0.225 e. The minimum atomic E-state index is 0. The van der Waals surface area contributed by atoms with Gasteiger partial charge in [0, 0.05) is 44.6 Å². The van der Waals surface area contributed by atoms with E-state index in [2.05, 4.69) is 5.32 Å². The number of carbonyl (C=O) groups excluding carboxylic acids is 2. The van der Waals surface area contributed by atoms with E-state index in [1.165, 1.54) is 6.42 Å². The zero-order valence-corrected chi connectivity index (χ0v) is 13.2. The van der Waals surface area contributed by atoms with E-state index in [-0.39, 0.29) is 30.1 Å². The van der Waals surface area contributed by atoms with Gasteiger partial charge in [-0.3, -0.25) is 9.59 Å². The van der Waals surface area contributed by atoms with E-state index in [0.29, 0.717) is 38.6 Å². The van der Waals surface area contributed by atoms with Crippen LogP contribution in [-0.2, 0) is 9.59 Å². The minimum Gasteiger partial charge on any atom is -0.339 e. The molecule has 1 N–H and O–H groups in total. The van der Waals surface area contributed by atoms with Gasteiger partial charge in [-0.1, -0.05) is 13.8 Å². The van der Waals surface area contributed by atoms with Crippen LogP contribution in [0.25, 0.3) is 0 Å². The zero-order valence-electron chi connectivity index (χ0n) is 12.4. The summed E-state index contributed by atoms with van der Waals surface area (Å²) in [4.78, 5) is 27.8. The highest BCUT2D eigenvalue weighted by atomic mass is 35.5. The second-order valence-corrected chi connectivity index (χ2v) is 5.86. The average Bonchev–Trinajstić information content (AvgIpc) is 2.90. The first-order chi connectivity index (χ1) is 9.08. The van der Waals surface area contributed by atoms with Crippen molar-refractivity contribution in [3.05, 3.63) is 0 Å². The van der Waals surface area contributed by atoms with Gasteiger partial charge in [0.25, 0.3) is 0 Å². The predicted molar refractivity (Wildman–Crippen MR) is 80.9 cm³/mol. The molecule has 0 aliphatic carbocycles. The molecular formula is C14H26ClN3O2. The number of nitrogens with one attached hydrogen (secondary N) is 1. The van der Waals surface area contributed by atoms with Gasteiger partial charge in [0.1, 0.15) is 0 Å². The summed E-state index contributed by atoms with van der Waals surface area (Å²) in [6.45, 7) is 7.61.